The van der Waals surface area contributed by atoms with E-state index in [4.69, 9.17) is 34.8 Å². The zero-order valence-corrected chi connectivity index (χ0v) is 22.6. The Bertz CT molecular complexity index is 1200. The molecule has 0 radical (unpaired) electrons. The summed E-state index contributed by atoms with van der Waals surface area (Å²) in [5.74, 6) is -7.52. The number of hydrogen-bond donors (Lipinski definition) is 0. The number of Topliss-reactive ketones (excluding diaryl/α,β-unsaturated/α-hetero) is 1. The van der Waals surface area contributed by atoms with Crippen LogP contribution >= 0.6 is 46.6 Å². The van der Waals surface area contributed by atoms with E-state index in [0.717, 1.165) is 12.1 Å². The van der Waals surface area contributed by atoms with Crippen LogP contribution in [-0.4, -0.2) is 29.6 Å². The fourth-order valence-corrected chi connectivity index (χ4v) is 4.89. The Kier molecular flexibility index (Phi) is 11.1. The molecule has 216 valence electrons. The minimum atomic E-state index is -5.20. The van der Waals surface area contributed by atoms with Crippen LogP contribution in [0.25, 0.3) is 5.83 Å². The van der Waals surface area contributed by atoms with Crippen LogP contribution in [0.2, 0.25) is 15.1 Å². The lowest BCUT2D eigenvalue weighted by Gasteiger charge is -2.19. The molecule has 1 unspecified atom stereocenters. The number of benzene rings is 2. The number of ketones is 1. The summed E-state index contributed by atoms with van der Waals surface area (Å²) < 4.78 is 134. The van der Waals surface area contributed by atoms with Crippen molar-refractivity contribution in [2.75, 3.05) is 11.5 Å². The maximum absolute atomic E-state index is 15.0. The van der Waals surface area contributed by atoms with Gasteiger partial charge in [-0.25, -0.2) is 4.39 Å². The first-order chi connectivity index (χ1) is 17.7. The zero-order chi connectivity index (χ0) is 29.9. The molecule has 0 aliphatic rings. The Hall–Kier alpha value is -1.63. The molecule has 2 rings (SSSR count). The summed E-state index contributed by atoms with van der Waals surface area (Å²) in [6.07, 6.45) is -15.3. The van der Waals surface area contributed by atoms with Crippen LogP contribution in [0, 0.1) is 5.92 Å². The van der Waals surface area contributed by atoms with Crippen LogP contribution in [0.4, 0.5) is 43.9 Å². The highest BCUT2D eigenvalue weighted by Gasteiger charge is 2.41. The van der Waals surface area contributed by atoms with Crippen molar-refractivity contribution in [3.63, 3.8) is 0 Å². The number of rotatable bonds is 9. The van der Waals surface area contributed by atoms with Crippen LogP contribution in [0.1, 0.15) is 46.3 Å². The largest absolute Gasteiger partial charge is 0.417 e. The van der Waals surface area contributed by atoms with Crippen LogP contribution in [-0.2, 0) is 6.18 Å². The molecular weight excluding hydrogens is 633 g/mol. The predicted molar refractivity (Wildman–Crippen MR) is 132 cm³/mol. The third kappa shape index (κ3) is 9.75. The van der Waals surface area contributed by atoms with E-state index in [9.17, 15) is 48.7 Å². The van der Waals surface area contributed by atoms with Crippen molar-refractivity contribution in [1.82, 2.24) is 0 Å². The molecule has 0 fully saturated rings. The summed E-state index contributed by atoms with van der Waals surface area (Å²) in [6.45, 7) is 1.37. The van der Waals surface area contributed by atoms with Crippen molar-refractivity contribution < 1.29 is 48.7 Å². The van der Waals surface area contributed by atoms with E-state index in [1.807, 2.05) is 0 Å². The quantitative estimate of drug-likeness (QED) is 0.153. The molecule has 0 heterocycles. The van der Waals surface area contributed by atoms with Crippen molar-refractivity contribution in [3.8, 4) is 0 Å². The first kappa shape index (κ1) is 33.6. The van der Waals surface area contributed by atoms with Gasteiger partial charge in [0.1, 0.15) is 11.7 Å². The number of carbonyl (C=O) groups excluding carboxylic acids is 1. The molecule has 0 saturated carbocycles. The standard InChI is InChI=1S/C24H17Cl3F10OS/c1-11(9-39-10-22(29,30)31)4-20(38)14-3-2-12(5-16(14)24(35,36)37)19(28)8-15(23(32,33)34)13-6-17(25)21(27)18(26)7-13/h2-3,5-8,11,15H,4,9-10H2,1H3/b19-8-/t11-,15?/m0/s1. The van der Waals surface area contributed by atoms with Gasteiger partial charge in [-0.05, 0) is 41.5 Å². The van der Waals surface area contributed by atoms with Crippen LogP contribution in [0.15, 0.2) is 36.4 Å². The molecule has 0 amide bonds. The molecule has 0 aromatic heterocycles. The topological polar surface area (TPSA) is 17.1 Å². The second kappa shape index (κ2) is 12.9. The Labute approximate surface area is 235 Å². The van der Waals surface area contributed by atoms with Gasteiger partial charge in [0.2, 0.25) is 0 Å². The van der Waals surface area contributed by atoms with Crippen molar-refractivity contribution >= 4 is 58.2 Å². The third-order valence-corrected chi connectivity index (χ3v) is 7.67. The number of alkyl halides is 9. The van der Waals surface area contributed by atoms with E-state index >= 15 is 0 Å². The molecule has 2 aromatic rings. The van der Waals surface area contributed by atoms with Crippen LogP contribution in [0.5, 0.6) is 0 Å². The summed E-state index contributed by atoms with van der Waals surface area (Å²) in [5.41, 5.74) is -4.02. The van der Waals surface area contributed by atoms with Gasteiger partial charge in [-0.3, -0.25) is 4.79 Å². The number of carbonyl (C=O) groups is 1. The highest BCUT2D eigenvalue weighted by molar-refractivity contribution is 7.99. The van der Waals surface area contributed by atoms with Gasteiger partial charge in [0.05, 0.1) is 26.4 Å². The van der Waals surface area contributed by atoms with Gasteiger partial charge in [-0.2, -0.15) is 51.3 Å². The van der Waals surface area contributed by atoms with Gasteiger partial charge in [0.25, 0.3) is 0 Å². The summed E-state index contributed by atoms with van der Waals surface area (Å²) in [6, 6.07) is 3.08. The average Bonchev–Trinajstić information content (AvgIpc) is 2.77. The van der Waals surface area contributed by atoms with E-state index in [-0.39, 0.29) is 33.0 Å². The lowest BCUT2D eigenvalue weighted by atomic mass is 9.93. The molecular formula is C24H17Cl3F10OS. The second-order valence-electron chi connectivity index (χ2n) is 8.45. The van der Waals surface area contributed by atoms with E-state index < -0.39 is 76.4 Å². The molecule has 0 aliphatic heterocycles. The third-order valence-electron chi connectivity index (χ3n) is 5.13. The Morgan fingerprint density at radius 2 is 1.51 bits per heavy atom. The average molecular weight is 650 g/mol. The molecule has 0 bridgehead atoms. The number of halogens is 13. The number of thioether (sulfide) groups is 1. The van der Waals surface area contributed by atoms with Gasteiger partial charge < -0.3 is 0 Å². The van der Waals surface area contributed by atoms with E-state index in [1.54, 1.807) is 0 Å². The zero-order valence-electron chi connectivity index (χ0n) is 19.5. The summed E-state index contributed by atoms with van der Waals surface area (Å²) in [7, 11) is 0. The molecule has 2 aromatic carbocycles. The van der Waals surface area contributed by atoms with Gasteiger partial charge in [0, 0.05) is 17.5 Å². The maximum atomic E-state index is 15.0. The molecule has 39 heavy (non-hydrogen) atoms. The SMILES string of the molecule is C[C@H](CSCC(F)(F)F)CC(=O)c1ccc(/C(F)=C/C(c2cc(Cl)c(Cl)c(Cl)c2)C(F)(F)F)cc1C(F)(F)F. The lowest BCUT2D eigenvalue weighted by molar-refractivity contribution is -0.140. The molecule has 15 heteroatoms. The number of hydrogen-bond acceptors (Lipinski definition) is 2. The van der Waals surface area contributed by atoms with Crippen molar-refractivity contribution in [1.29, 1.82) is 0 Å². The Balaban J connectivity index is 2.42. The minimum absolute atomic E-state index is 0.0345. The van der Waals surface area contributed by atoms with Gasteiger partial charge in [0.15, 0.2) is 5.78 Å². The smallest absolute Gasteiger partial charge is 0.294 e. The van der Waals surface area contributed by atoms with Crippen molar-refractivity contribution in [2.24, 2.45) is 5.92 Å². The predicted octanol–water partition coefficient (Wildman–Crippen LogP) is 10.8. The molecule has 0 saturated heterocycles. The normalized spacial score (nSPS) is 14.9. The molecule has 2 atom stereocenters. The summed E-state index contributed by atoms with van der Waals surface area (Å²) >= 11 is 17.7. The second-order valence-corrected chi connectivity index (χ2v) is 10.7. The molecule has 1 nitrogen and oxygen atoms in total. The summed E-state index contributed by atoms with van der Waals surface area (Å²) in [5, 5.41) is -0.984. The first-order valence-electron chi connectivity index (χ1n) is 10.7. The Morgan fingerprint density at radius 3 is 2.00 bits per heavy atom. The van der Waals surface area contributed by atoms with Gasteiger partial charge >= 0.3 is 18.5 Å². The lowest BCUT2D eigenvalue weighted by Crippen LogP contribution is -2.19. The van der Waals surface area contributed by atoms with E-state index in [1.165, 1.54) is 6.92 Å². The molecule has 0 aliphatic carbocycles. The van der Waals surface area contributed by atoms with E-state index in [2.05, 4.69) is 0 Å². The molecule has 0 N–H and O–H groups in total. The maximum Gasteiger partial charge on any atom is 0.417 e. The van der Waals surface area contributed by atoms with E-state index in [0.29, 0.717) is 23.9 Å². The van der Waals surface area contributed by atoms with Crippen LogP contribution < -0.4 is 0 Å². The molecule has 0 spiro atoms. The monoisotopic (exact) mass is 648 g/mol. The summed E-state index contributed by atoms with van der Waals surface area (Å²) in [4.78, 5) is 12.5. The Morgan fingerprint density at radius 1 is 0.949 bits per heavy atom. The fraction of sp³-hybridized carbons (Fsp3) is 0.375. The van der Waals surface area contributed by atoms with Crippen LogP contribution in [0.3, 0.4) is 0 Å². The van der Waals surface area contributed by atoms with Gasteiger partial charge in [-0.1, -0.05) is 53.9 Å². The fourth-order valence-electron chi connectivity index (χ4n) is 3.41. The highest BCUT2D eigenvalue weighted by atomic mass is 35.5. The van der Waals surface area contributed by atoms with Crippen molar-refractivity contribution in [2.45, 2.75) is 37.8 Å². The van der Waals surface area contributed by atoms with Crippen molar-refractivity contribution in [3.05, 3.63) is 73.7 Å². The number of allylic oxidation sites excluding steroid dienone is 1. The highest BCUT2D eigenvalue weighted by Crippen LogP contribution is 2.43. The minimum Gasteiger partial charge on any atom is -0.294 e. The van der Waals surface area contributed by atoms with Gasteiger partial charge in [-0.15, -0.1) is 0 Å². The first-order valence-corrected chi connectivity index (χ1v) is 13.0.